The van der Waals surface area contributed by atoms with E-state index >= 15 is 0 Å². The van der Waals surface area contributed by atoms with Gasteiger partial charge >= 0.3 is 0 Å². The van der Waals surface area contributed by atoms with Gasteiger partial charge in [-0.2, -0.15) is 0 Å². The molecule has 1 N–H and O–H groups in total. The van der Waals surface area contributed by atoms with Gasteiger partial charge in [-0.3, -0.25) is 4.90 Å². The maximum absolute atomic E-state index is 9.54. The molecule has 1 aliphatic heterocycles. The summed E-state index contributed by atoms with van der Waals surface area (Å²) in [6, 6.07) is 0. The summed E-state index contributed by atoms with van der Waals surface area (Å²) in [6.45, 7) is 7.08. The Bertz CT molecular complexity index is 151. The molecule has 2 unspecified atom stereocenters. The van der Waals surface area contributed by atoms with Gasteiger partial charge in [0, 0.05) is 19.6 Å². The highest BCUT2D eigenvalue weighted by atomic mass is 16.3. The van der Waals surface area contributed by atoms with Crippen LogP contribution in [0.15, 0.2) is 0 Å². The monoisotopic (exact) mass is 155 g/mol. The molecular weight excluding hydrogens is 138 g/mol. The number of nitrogens with zero attached hydrogens (tertiary/aromatic N) is 1. The minimum Gasteiger partial charge on any atom is -0.389 e. The highest BCUT2D eigenvalue weighted by molar-refractivity contribution is 4.97. The Kier molecular flexibility index (Phi) is 1.52. The number of β-amino-alcohol motifs (C(OH)–C–C–N with tert-alkyl or cyclic N) is 1. The van der Waals surface area contributed by atoms with E-state index in [0.717, 1.165) is 18.4 Å². The molecule has 2 fully saturated rings. The van der Waals surface area contributed by atoms with Gasteiger partial charge in [-0.1, -0.05) is 0 Å². The minimum atomic E-state index is -0.503. The Morgan fingerprint density at radius 3 is 2.36 bits per heavy atom. The van der Waals surface area contributed by atoms with Gasteiger partial charge in [-0.05, 0) is 32.1 Å². The number of rotatable bonds is 2. The van der Waals surface area contributed by atoms with Crippen LogP contribution < -0.4 is 0 Å². The van der Waals surface area contributed by atoms with Crippen LogP contribution in [-0.4, -0.2) is 35.2 Å². The molecule has 0 aromatic heterocycles. The first-order valence-corrected chi connectivity index (χ1v) is 4.49. The lowest BCUT2D eigenvalue weighted by atomic mass is 10.1. The topological polar surface area (TPSA) is 23.5 Å². The summed E-state index contributed by atoms with van der Waals surface area (Å²) in [6.07, 6.45) is 1.45. The molecule has 2 nitrogen and oxygen atoms in total. The summed E-state index contributed by atoms with van der Waals surface area (Å²) >= 11 is 0. The molecule has 0 amide bonds. The standard InChI is InChI=1S/C9H17NO/c1-9(2,11)6-10-4-7-3-8(7)5-10/h7-8,11H,3-6H2,1-2H3. The first-order valence-electron chi connectivity index (χ1n) is 4.49. The highest BCUT2D eigenvalue weighted by Gasteiger charge is 2.45. The second-order valence-electron chi connectivity index (χ2n) is 4.76. The van der Waals surface area contributed by atoms with Crippen LogP contribution in [0.3, 0.4) is 0 Å². The lowest BCUT2D eigenvalue weighted by Crippen LogP contribution is -2.38. The van der Waals surface area contributed by atoms with Crippen molar-refractivity contribution >= 4 is 0 Å². The van der Waals surface area contributed by atoms with Gasteiger partial charge in [0.1, 0.15) is 0 Å². The molecule has 2 atom stereocenters. The fraction of sp³-hybridized carbons (Fsp3) is 1.00. The zero-order valence-electron chi connectivity index (χ0n) is 7.38. The Morgan fingerprint density at radius 1 is 1.36 bits per heavy atom. The number of likely N-dealkylation sites (tertiary alicyclic amines) is 1. The predicted octanol–water partition coefficient (Wildman–Crippen LogP) is 0.709. The summed E-state index contributed by atoms with van der Waals surface area (Å²) in [5, 5.41) is 9.54. The maximum Gasteiger partial charge on any atom is 0.0718 e. The number of hydrogen-bond donors (Lipinski definition) is 1. The Hall–Kier alpha value is -0.0800. The van der Waals surface area contributed by atoms with Crippen LogP contribution in [0, 0.1) is 11.8 Å². The van der Waals surface area contributed by atoms with Crippen LogP contribution in [0.4, 0.5) is 0 Å². The minimum absolute atomic E-state index is 0.503. The maximum atomic E-state index is 9.54. The number of aliphatic hydroxyl groups is 1. The fourth-order valence-electron chi connectivity index (χ4n) is 2.17. The largest absolute Gasteiger partial charge is 0.389 e. The molecule has 64 valence electrons. The average molecular weight is 155 g/mol. The Morgan fingerprint density at radius 2 is 1.91 bits per heavy atom. The molecule has 0 bridgehead atoms. The van der Waals surface area contributed by atoms with Crippen molar-refractivity contribution in [2.24, 2.45) is 11.8 Å². The van der Waals surface area contributed by atoms with Crippen LogP contribution in [0.2, 0.25) is 0 Å². The number of hydrogen-bond acceptors (Lipinski definition) is 2. The molecule has 1 saturated heterocycles. The van der Waals surface area contributed by atoms with Crippen LogP contribution in [-0.2, 0) is 0 Å². The molecular formula is C9H17NO. The van der Waals surface area contributed by atoms with Gasteiger partial charge in [0.2, 0.25) is 0 Å². The summed E-state index contributed by atoms with van der Waals surface area (Å²) in [5.74, 6) is 1.97. The molecule has 1 saturated carbocycles. The van der Waals surface area contributed by atoms with Crippen molar-refractivity contribution in [2.75, 3.05) is 19.6 Å². The quantitative estimate of drug-likeness (QED) is 0.635. The van der Waals surface area contributed by atoms with Gasteiger partial charge in [-0.15, -0.1) is 0 Å². The van der Waals surface area contributed by atoms with E-state index in [1.54, 1.807) is 0 Å². The summed E-state index contributed by atoms with van der Waals surface area (Å²) < 4.78 is 0. The zero-order chi connectivity index (χ0) is 8.06. The molecule has 0 radical (unpaired) electrons. The van der Waals surface area contributed by atoms with Crippen LogP contribution in [0.25, 0.3) is 0 Å². The molecule has 1 heterocycles. The van der Waals surface area contributed by atoms with Gasteiger partial charge in [-0.25, -0.2) is 0 Å². The fourth-order valence-corrected chi connectivity index (χ4v) is 2.17. The molecule has 0 spiro atoms. The SMILES string of the molecule is CC(C)(O)CN1CC2CC2C1. The summed E-state index contributed by atoms with van der Waals surface area (Å²) in [4.78, 5) is 2.39. The van der Waals surface area contributed by atoms with E-state index in [4.69, 9.17) is 0 Å². The Balaban J connectivity index is 1.80. The third-order valence-corrected chi connectivity index (χ3v) is 2.66. The normalized spacial score (nSPS) is 37.4. The second-order valence-corrected chi connectivity index (χ2v) is 4.76. The van der Waals surface area contributed by atoms with Crippen LogP contribution in [0.1, 0.15) is 20.3 Å². The van der Waals surface area contributed by atoms with Crippen molar-refractivity contribution in [3.8, 4) is 0 Å². The summed E-state index contributed by atoms with van der Waals surface area (Å²) in [7, 11) is 0. The molecule has 2 rings (SSSR count). The van der Waals surface area contributed by atoms with Crippen molar-refractivity contribution in [1.29, 1.82) is 0 Å². The van der Waals surface area contributed by atoms with Crippen molar-refractivity contribution < 1.29 is 5.11 Å². The number of fused-ring (bicyclic) bond motifs is 1. The van der Waals surface area contributed by atoms with E-state index in [0.29, 0.717) is 0 Å². The average Bonchev–Trinajstić information content (AvgIpc) is 2.36. The van der Waals surface area contributed by atoms with E-state index in [-0.39, 0.29) is 0 Å². The smallest absolute Gasteiger partial charge is 0.0718 e. The van der Waals surface area contributed by atoms with Crippen LogP contribution >= 0.6 is 0 Å². The second kappa shape index (κ2) is 2.20. The molecule has 0 aromatic carbocycles. The predicted molar refractivity (Wildman–Crippen MR) is 44.3 cm³/mol. The van der Waals surface area contributed by atoms with E-state index in [2.05, 4.69) is 4.90 Å². The van der Waals surface area contributed by atoms with Crippen molar-refractivity contribution in [2.45, 2.75) is 25.9 Å². The summed E-state index contributed by atoms with van der Waals surface area (Å²) in [5.41, 5.74) is -0.503. The molecule has 2 heteroatoms. The van der Waals surface area contributed by atoms with Gasteiger partial charge in [0.15, 0.2) is 0 Å². The van der Waals surface area contributed by atoms with Crippen molar-refractivity contribution in [3.05, 3.63) is 0 Å². The third-order valence-electron chi connectivity index (χ3n) is 2.66. The van der Waals surface area contributed by atoms with Crippen LogP contribution in [0.5, 0.6) is 0 Å². The van der Waals surface area contributed by atoms with E-state index in [1.165, 1.54) is 19.5 Å². The Labute approximate surface area is 68.2 Å². The molecule has 2 aliphatic rings. The first-order chi connectivity index (χ1) is 5.04. The van der Waals surface area contributed by atoms with E-state index in [1.807, 2.05) is 13.8 Å². The van der Waals surface area contributed by atoms with Gasteiger partial charge < -0.3 is 5.11 Å². The zero-order valence-corrected chi connectivity index (χ0v) is 7.38. The molecule has 0 aromatic rings. The molecule has 1 aliphatic carbocycles. The van der Waals surface area contributed by atoms with E-state index in [9.17, 15) is 5.11 Å². The highest BCUT2D eigenvalue weighted by Crippen LogP contribution is 2.44. The van der Waals surface area contributed by atoms with Crippen molar-refractivity contribution in [3.63, 3.8) is 0 Å². The lowest BCUT2D eigenvalue weighted by Gasteiger charge is -2.25. The molecule has 11 heavy (non-hydrogen) atoms. The van der Waals surface area contributed by atoms with Gasteiger partial charge in [0.25, 0.3) is 0 Å². The van der Waals surface area contributed by atoms with Crippen molar-refractivity contribution in [1.82, 2.24) is 4.90 Å². The first kappa shape index (κ1) is 7.56. The lowest BCUT2D eigenvalue weighted by molar-refractivity contribution is 0.0404. The van der Waals surface area contributed by atoms with E-state index < -0.39 is 5.60 Å². The number of piperidine rings is 1. The van der Waals surface area contributed by atoms with Gasteiger partial charge in [0.05, 0.1) is 5.60 Å². The third kappa shape index (κ3) is 1.74.